The third-order valence-electron chi connectivity index (χ3n) is 2.33. The first-order valence-electron chi connectivity index (χ1n) is 4.40. The van der Waals surface area contributed by atoms with Crippen LogP contribution in [0.1, 0.15) is 38.1 Å². The molecule has 0 radical (unpaired) electrons. The second kappa shape index (κ2) is 3.65. The fourth-order valence-electron chi connectivity index (χ4n) is 1.02. The zero-order valence-corrected chi connectivity index (χ0v) is 8.20. The van der Waals surface area contributed by atoms with Crippen LogP contribution in [0.15, 0.2) is 12.4 Å². The first-order chi connectivity index (χ1) is 5.61. The molecule has 0 N–H and O–H groups in total. The Hall–Kier alpha value is -0.920. The van der Waals surface area contributed by atoms with E-state index in [0.717, 1.165) is 5.82 Å². The summed E-state index contributed by atoms with van der Waals surface area (Å²) in [6.07, 6.45) is 3.85. The number of aryl methyl sites for hydroxylation is 1. The van der Waals surface area contributed by atoms with Gasteiger partial charge in [0.1, 0.15) is 5.82 Å². The maximum Gasteiger partial charge on any atom is 0.125 e. The van der Waals surface area contributed by atoms with E-state index in [4.69, 9.17) is 0 Å². The Balaban J connectivity index is 2.82. The van der Waals surface area contributed by atoms with Gasteiger partial charge in [-0.3, -0.25) is 0 Å². The number of rotatable bonds is 2. The quantitative estimate of drug-likeness (QED) is 0.671. The van der Waals surface area contributed by atoms with Gasteiger partial charge >= 0.3 is 0 Å². The van der Waals surface area contributed by atoms with E-state index in [1.165, 1.54) is 5.56 Å². The average molecular weight is 164 g/mol. The smallest absolute Gasteiger partial charge is 0.125 e. The van der Waals surface area contributed by atoms with Crippen molar-refractivity contribution < 1.29 is 0 Å². The summed E-state index contributed by atoms with van der Waals surface area (Å²) in [5, 5.41) is 0. The van der Waals surface area contributed by atoms with Crippen molar-refractivity contribution in [2.45, 2.75) is 33.6 Å². The van der Waals surface area contributed by atoms with Gasteiger partial charge in [0.05, 0.1) is 0 Å². The topological polar surface area (TPSA) is 25.8 Å². The Labute approximate surface area is 74.1 Å². The molecule has 1 rings (SSSR count). The van der Waals surface area contributed by atoms with Crippen molar-refractivity contribution in [2.75, 3.05) is 0 Å². The van der Waals surface area contributed by atoms with E-state index >= 15 is 0 Å². The summed E-state index contributed by atoms with van der Waals surface area (Å²) in [4.78, 5) is 8.34. The maximum atomic E-state index is 4.17. The van der Waals surface area contributed by atoms with Gasteiger partial charge in [0.15, 0.2) is 0 Å². The fraction of sp³-hybridized carbons (Fsp3) is 0.600. The molecule has 66 valence electrons. The van der Waals surface area contributed by atoms with Crippen LogP contribution in [0, 0.1) is 12.8 Å². The van der Waals surface area contributed by atoms with Crippen LogP contribution in [0.5, 0.6) is 0 Å². The summed E-state index contributed by atoms with van der Waals surface area (Å²) in [7, 11) is 0. The van der Waals surface area contributed by atoms with Gasteiger partial charge < -0.3 is 0 Å². The second-order valence-corrected chi connectivity index (χ2v) is 3.60. The lowest BCUT2D eigenvalue weighted by atomic mass is 9.92. The molecule has 1 aromatic heterocycles. The molecule has 0 saturated carbocycles. The summed E-state index contributed by atoms with van der Waals surface area (Å²) < 4.78 is 0. The van der Waals surface area contributed by atoms with Crippen molar-refractivity contribution >= 4 is 0 Å². The van der Waals surface area contributed by atoms with Gasteiger partial charge in [0, 0.05) is 12.4 Å². The molecule has 0 spiro atoms. The Bertz CT molecular complexity index is 239. The van der Waals surface area contributed by atoms with Crippen LogP contribution in [0.3, 0.4) is 0 Å². The fourth-order valence-corrected chi connectivity index (χ4v) is 1.02. The van der Waals surface area contributed by atoms with Crippen LogP contribution in [-0.2, 0) is 0 Å². The third kappa shape index (κ3) is 2.03. The summed E-state index contributed by atoms with van der Waals surface area (Å²) in [5.74, 6) is 2.04. The highest BCUT2D eigenvalue weighted by Gasteiger charge is 2.09. The number of hydrogen-bond donors (Lipinski definition) is 0. The largest absolute Gasteiger partial charge is 0.241 e. The van der Waals surface area contributed by atoms with E-state index in [2.05, 4.69) is 30.7 Å². The number of nitrogens with zero attached hydrogens (tertiary/aromatic N) is 2. The van der Waals surface area contributed by atoms with Gasteiger partial charge in [0.2, 0.25) is 0 Å². The molecule has 0 saturated heterocycles. The summed E-state index contributed by atoms with van der Waals surface area (Å²) >= 11 is 0. The zero-order valence-electron chi connectivity index (χ0n) is 8.20. The molecular weight excluding hydrogens is 148 g/mol. The van der Waals surface area contributed by atoms with Crippen molar-refractivity contribution in [2.24, 2.45) is 5.92 Å². The Morgan fingerprint density at radius 1 is 1.08 bits per heavy atom. The lowest BCUT2D eigenvalue weighted by molar-refractivity contribution is 0.531. The van der Waals surface area contributed by atoms with Crippen molar-refractivity contribution in [1.82, 2.24) is 9.97 Å². The molecule has 1 heterocycles. The Morgan fingerprint density at radius 2 is 1.58 bits per heavy atom. The summed E-state index contributed by atoms with van der Waals surface area (Å²) in [5.41, 5.74) is 1.23. The lowest BCUT2D eigenvalue weighted by Gasteiger charge is -2.14. The van der Waals surface area contributed by atoms with Gasteiger partial charge in [-0.2, -0.15) is 0 Å². The molecule has 0 amide bonds. The number of hydrogen-bond acceptors (Lipinski definition) is 2. The maximum absolute atomic E-state index is 4.17. The standard InChI is InChI=1S/C10H16N2/c1-7(2)8(3)10-5-11-9(4)12-6-10/h5-8H,1-4H3/t8-/m1/s1. The highest BCUT2D eigenvalue weighted by atomic mass is 14.8. The SMILES string of the molecule is Cc1ncc([C@H](C)C(C)C)cn1. The molecule has 1 atom stereocenters. The van der Waals surface area contributed by atoms with Gasteiger partial charge in [-0.25, -0.2) is 9.97 Å². The molecule has 0 aliphatic heterocycles. The van der Waals surface area contributed by atoms with Crippen LogP contribution in [-0.4, -0.2) is 9.97 Å². The zero-order chi connectivity index (χ0) is 9.14. The van der Waals surface area contributed by atoms with Gasteiger partial charge in [-0.15, -0.1) is 0 Å². The van der Waals surface area contributed by atoms with Crippen LogP contribution >= 0.6 is 0 Å². The lowest BCUT2D eigenvalue weighted by Crippen LogP contribution is -2.03. The normalized spacial score (nSPS) is 13.4. The van der Waals surface area contributed by atoms with E-state index in [0.29, 0.717) is 11.8 Å². The first-order valence-corrected chi connectivity index (χ1v) is 4.40. The molecule has 12 heavy (non-hydrogen) atoms. The van der Waals surface area contributed by atoms with Gasteiger partial charge in [-0.05, 0) is 24.3 Å². The molecule has 2 nitrogen and oxygen atoms in total. The molecule has 0 aromatic carbocycles. The molecule has 0 aliphatic rings. The Morgan fingerprint density at radius 3 is 2.00 bits per heavy atom. The van der Waals surface area contributed by atoms with Crippen LogP contribution in [0.25, 0.3) is 0 Å². The molecule has 0 unspecified atom stereocenters. The average Bonchev–Trinajstić information content (AvgIpc) is 2.04. The minimum absolute atomic E-state index is 0.547. The van der Waals surface area contributed by atoms with E-state index in [-0.39, 0.29) is 0 Å². The molecule has 1 aromatic rings. The Kier molecular flexibility index (Phi) is 2.79. The van der Waals surface area contributed by atoms with Crippen molar-refractivity contribution in [1.29, 1.82) is 0 Å². The van der Waals surface area contributed by atoms with E-state index in [1.54, 1.807) is 0 Å². The first kappa shape index (κ1) is 9.17. The highest BCUT2D eigenvalue weighted by Crippen LogP contribution is 2.21. The van der Waals surface area contributed by atoms with Crippen LogP contribution < -0.4 is 0 Å². The van der Waals surface area contributed by atoms with E-state index in [9.17, 15) is 0 Å². The van der Waals surface area contributed by atoms with Crippen molar-refractivity contribution in [3.8, 4) is 0 Å². The molecule has 0 bridgehead atoms. The van der Waals surface area contributed by atoms with E-state index < -0.39 is 0 Å². The predicted molar refractivity (Wildman–Crippen MR) is 50.0 cm³/mol. The van der Waals surface area contributed by atoms with Gasteiger partial charge in [0.25, 0.3) is 0 Å². The molecule has 0 fully saturated rings. The summed E-state index contributed by atoms with van der Waals surface area (Å²) in [6, 6.07) is 0. The van der Waals surface area contributed by atoms with Crippen LogP contribution in [0.2, 0.25) is 0 Å². The van der Waals surface area contributed by atoms with Crippen molar-refractivity contribution in [3.63, 3.8) is 0 Å². The monoisotopic (exact) mass is 164 g/mol. The minimum atomic E-state index is 0.547. The minimum Gasteiger partial charge on any atom is -0.241 e. The predicted octanol–water partition coefficient (Wildman–Crippen LogP) is 2.54. The van der Waals surface area contributed by atoms with E-state index in [1.807, 2.05) is 19.3 Å². The van der Waals surface area contributed by atoms with Crippen LogP contribution in [0.4, 0.5) is 0 Å². The molecule has 2 heteroatoms. The third-order valence-corrected chi connectivity index (χ3v) is 2.33. The number of aromatic nitrogens is 2. The van der Waals surface area contributed by atoms with Gasteiger partial charge in [-0.1, -0.05) is 20.8 Å². The van der Waals surface area contributed by atoms with Crippen molar-refractivity contribution in [3.05, 3.63) is 23.8 Å². The highest BCUT2D eigenvalue weighted by molar-refractivity contribution is 5.10. The second-order valence-electron chi connectivity index (χ2n) is 3.60. The molecular formula is C10H16N2. The summed E-state index contributed by atoms with van der Waals surface area (Å²) in [6.45, 7) is 8.54. The molecule has 0 aliphatic carbocycles.